The van der Waals surface area contributed by atoms with Gasteiger partial charge in [-0.3, -0.25) is 0 Å². The second-order valence-electron chi connectivity index (χ2n) is 3.73. The number of nitrogens with one attached hydrogen (secondary N) is 1. The first kappa shape index (κ1) is 10.4. The molecule has 0 bridgehead atoms. The number of rotatable bonds is 5. The van der Waals surface area contributed by atoms with Crippen LogP contribution < -0.4 is 5.32 Å². The van der Waals surface area contributed by atoms with E-state index in [0.717, 1.165) is 12.5 Å². The standard InChI is InChI=1S/C12H21N/c1-3-6-11(7-4-2)12-8-5-9-13-10-12/h5,8,10-11,13H,3-4,6-7,9H2,1-2H3. The van der Waals surface area contributed by atoms with Crippen LogP contribution in [0.3, 0.4) is 0 Å². The molecule has 1 heterocycles. The van der Waals surface area contributed by atoms with E-state index in [2.05, 4.69) is 37.5 Å². The van der Waals surface area contributed by atoms with E-state index < -0.39 is 0 Å². The third-order valence-electron chi connectivity index (χ3n) is 2.56. The zero-order valence-corrected chi connectivity index (χ0v) is 8.84. The lowest BCUT2D eigenvalue weighted by molar-refractivity contribution is 0.508. The van der Waals surface area contributed by atoms with Crippen molar-refractivity contribution < 1.29 is 0 Å². The van der Waals surface area contributed by atoms with Gasteiger partial charge in [0, 0.05) is 12.7 Å². The zero-order chi connectivity index (χ0) is 9.52. The third kappa shape index (κ3) is 3.25. The van der Waals surface area contributed by atoms with Crippen molar-refractivity contribution in [1.29, 1.82) is 0 Å². The van der Waals surface area contributed by atoms with E-state index in [1.165, 1.54) is 31.3 Å². The maximum absolute atomic E-state index is 3.28. The SMILES string of the molecule is CCCC(CCC)C1=CNCC=C1. The van der Waals surface area contributed by atoms with Crippen LogP contribution >= 0.6 is 0 Å². The van der Waals surface area contributed by atoms with Crippen molar-refractivity contribution >= 4 is 0 Å². The lowest BCUT2D eigenvalue weighted by Crippen LogP contribution is -2.14. The highest BCUT2D eigenvalue weighted by Gasteiger charge is 2.11. The first-order valence-corrected chi connectivity index (χ1v) is 5.48. The van der Waals surface area contributed by atoms with E-state index in [-0.39, 0.29) is 0 Å². The largest absolute Gasteiger partial charge is 0.387 e. The average molecular weight is 179 g/mol. The Morgan fingerprint density at radius 1 is 1.31 bits per heavy atom. The molecular formula is C12H21N. The normalized spacial score (nSPS) is 15.8. The van der Waals surface area contributed by atoms with Crippen LogP contribution in [0.15, 0.2) is 23.9 Å². The molecule has 1 rings (SSSR count). The van der Waals surface area contributed by atoms with Crippen LogP contribution in [0.25, 0.3) is 0 Å². The highest BCUT2D eigenvalue weighted by atomic mass is 14.8. The lowest BCUT2D eigenvalue weighted by Gasteiger charge is -2.19. The van der Waals surface area contributed by atoms with Crippen molar-refractivity contribution in [1.82, 2.24) is 5.32 Å². The first-order chi connectivity index (χ1) is 6.38. The monoisotopic (exact) mass is 179 g/mol. The maximum atomic E-state index is 3.28. The van der Waals surface area contributed by atoms with E-state index in [0.29, 0.717) is 0 Å². The van der Waals surface area contributed by atoms with Crippen molar-refractivity contribution in [3.8, 4) is 0 Å². The highest BCUT2D eigenvalue weighted by Crippen LogP contribution is 2.23. The topological polar surface area (TPSA) is 12.0 Å². The van der Waals surface area contributed by atoms with Gasteiger partial charge in [0.15, 0.2) is 0 Å². The van der Waals surface area contributed by atoms with Gasteiger partial charge in [0.05, 0.1) is 0 Å². The summed E-state index contributed by atoms with van der Waals surface area (Å²) in [5, 5.41) is 3.28. The van der Waals surface area contributed by atoms with Gasteiger partial charge >= 0.3 is 0 Å². The summed E-state index contributed by atoms with van der Waals surface area (Å²) in [6, 6.07) is 0. The van der Waals surface area contributed by atoms with Crippen LogP contribution in [0, 0.1) is 5.92 Å². The molecule has 1 aliphatic rings. The van der Waals surface area contributed by atoms with Crippen LogP contribution in [0.4, 0.5) is 0 Å². The highest BCUT2D eigenvalue weighted by molar-refractivity contribution is 5.24. The molecule has 0 unspecified atom stereocenters. The van der Waals surface area contributed by atoms with Crippen LogP contribution in [0.1, 0.15) is 39.5 Å². The number of hydrogen-bond donors (Lipinski definition) is 1. The molecule has 0 amide bonds. The molecule has 1 aliphatic heterocycles. The van der Waals surface area contributed by atoms with Crippen LogP contribution in [-0.4, -0.2) is 6.54 Å². The summed E-state index contributed by atoms with van der Waals surface area (Å²) in [7, 11) is 0. The Morgan fingerprint density at radius 2 is 2.00 bits per heavy atom. The molecule has 0 atom stereocenters. The third-order valence-corrected chi connectivity index (χ3v) is 2.56. The van der Waals surface area contributed by atoms with E-state index in [9.17, 15) is 0 Å². The summed E-state index contributed by atoms with van der Waals surface area (Å²) < 4.78 is 0. The summed E-state index contributed by atoms with van der Waals surface area (Å²) in [5.74, 6) is 0.777. The molecule has 0 aromatic carbocycles. The Labute approximate surface area is 81.9 Å². The number of dihydropyridines is 1. The minimum Gasteiger partial charge on any atom is -0.387 e. The molecular weight excluding hydrogens is 158 g/mol. The summed E-state index contributed by atoms with van der Waals surface area (Å²) in [6.45, 7) is 5.53. The Bertz CT molecular complexity index is 185. The minimum absolute atomic E-state index is 0.777. The second kappa shape index (κ2) is 5.85. The smallest absolute Gasteiger partial charge is 0.0328 e. The van der Waals surface area contributed by atoms with Crippen LogP contribution in [-0.2, 0) is 0 Å². The lowest BCUT2D eigenvalue weighted by atomic mass is 9.90. The fraction of sp³-hybridized carbons (Fsp3) is 0.667. The molecule has 0 radical (unpaired) electrons. The fourth-order valence-corrected chi connectivity index (χ4v) is 1.92. The Hall–Kier alpha value is -0.720. The molecule has 0 spiro atoms. The van der Waals surface area contributed by atoms with E-state index in [1.54, 1.807) is 0 Å². The predicted octanol–water partition coefficient (Wildman–Crippen LogP) is 3.25. The van der Waals surface area contributed by atoms with Crippen molar-refractivity contribution in [2.75, 3.05) is 6.54 Å². The van der Waals surface area contributed by atoms with Crippen molar-refractivity contribution in [2.45, 2.75) is 39.5 Å². The van der Waals surface area contributed by atoms with Crippen molar-refractivity contribution in [3.05, 3.63) is 23.9 Å². The van der Waals surface area contributed by atoms with E-state index in [1.807, 2.05) is 0 Å². The van der Waals surface area contributed by atoms with Gasteiger partial charge in [-0.25, -0.2) is 0 Å². The first-order valence-electron chi connectivity index (χ1n) is 5.48. The summed E-state index contributed by atoms with van der Waals surface area (Å²) >= 11 is 0. The van der Waals surface area contributed by atoms with Gasteiger partial charge in [-0.2, -0.15) is 0 Å². The van der Waals surface area contributed by atoms with Gasteiger partial charge in [-0.1, -0.05) is 38.8 Å². The van der Waals surface area contributed by atoms with E-state index in [4.69, 9.17) is 0 Å². The van der Waals surface area contributed by atoms with Gasteiger partial charge in [-0.05, 0) is 24.3 Å². The van der Waals surface area contributed by atoms with Gasteiger partial charge in [-0.15, -0.1) is 0 Å². The van der Waals surface area contributed by atoms with Crippen LogP contribution in [0.2, 0.25) is 0 Å². The van der Waals surface area contributed by atoms with Crippen molar-refractivity contribution in [2.24, 2.45) is 5.92 Å². The quantitative estimate of drug-likeness (QED) is 0.683. The summed E-state index contributed by atoms with van der Waals surface area (Å²) in [4.78, 5) is 0. The van der Waals surface area contributed by atoms with Gasteiger partial charge in [0.2, 0.25) is 0 Å². The molecule has 0 saturated heterocycles. The average Bonchev–Trinajstić information content (AvgIpc) is 2.19. The molecule has 1 nitrogen and oxygen atoms in total. The molecule has 0 aromatic rings. The number of hydrogen-bond acceptors (Lipinski definition) is 1. The van der Waals surface area contributed by atoms with E-state index >= 15 is 0 Å². The minimum atomic E-state index is 0.777. The Morgan fingerprint density at radius 3 is 2.46 bits per heavy atom. The second-order valence-corrected chi connectivity index (χ2v) is 3.73. The molecule has 74 valence electrons. The molecule has 0 aromatic heterocycles. The molecule has 1 N–H and O–H groups in total. The molecule has 1 heteroatoms. The van der Waals surface area contributed by atoms with Gasteiger partial charge < -0.3 is 5.32 Å². The molecule has 0 aliphatic carbocycles. The number of allylic oxidation sites excluding steroid dienone is 2. The maximum Gasteiger partial charge on any atom is 0.0328 e. The Balaban J connectivity index is 2.51. The van der Waals surface area contributed by atoms with Crippen LogP contribution in [0.5, 0.6) is 0 Å². The predicted molar refractivity (Wildman–Crippen MR) is 58.5 cm³/mol. The van der Waals surface area contributed by atoms with Crippen molar-refractivity contribution in [3.63, 3.8) is 0 Å². The molecule has 0 fully saturated rings. The molecule has 13 heavy (non-hydrogen) atoms. The van der Waals surface area contributed by atoms with Gasteiger partial charge in [0.25, 0.3) is 0 Å². The Kier molecular flexibility index (Phi) is 4.66. The fourth-order valence-electron chi connectivity index (χ4n) is 1.92. The zero-order valence-electron chi connectivity index (χ0n) is 8.84. The molecule has 0 saturated carbocycles. The summed E-state index contributed by atoms with van der Waals surface area (Å²) in [5.41, 5.74) is 1.50. The van der Waals surface area contributed by atoms with Gasteiger partial charge in [0.1, 0.15) is 0 Å². The summed E-state index contributed by atoms with van der Waals surface area (Å²) in [6.07, 6.45) is 11.9.